The first-order chi connectivity index (χ1) is 9.97. The Morgan fingerprint density at radius 2 is 2.05 bits per heavy atom. The Hall–Kier alpha value is -1.13. The molecule has 1 fully saturated rings. The number of aryl methyl sites for hydroxylation is 2. The van der Waals surface area contributed by atoms with Crippen molar-refractivity contribution in [2.24, 2.45) is 0 Å². The lowest BCUT2D eigenvalue weighted by atomic mass is 10.0. The number of hydrogen-bond donors (Lipinski definition) is 1. The maximum atomic E-state index is 5.27. The third kappa shape index (κ3) is 4.42. The van der Waals surface area contributed by atoms with E-state index in [4.69, 9.17) is 4.52 Å². The van der Waals surface area contributed by atoms with Gasteiger partial charge in [-0.25, -0.2) is 0 Å². The summed E-state index contributed by atoms with van der Waals surface area (Å²) < 4.78 is 5.27. The van der Waals surface area contributed by atoms with Gasteiger partial charge >= 0.3 is 0 Å². The van der Waals surface area contributed by atoms with E-state index in [1.165, 1.54) is 37.1 Å². The molecule has 0 radical (unpaired) electrons. The minimum absolute atomic E-state index is 0.311. The second-order valence-corrected chi connectivity index (χ2v) is 6.48. The molecular formula is C17H29N3O. The smallest absolute Gasteiger partial charge is 0.138 e. The van der Waals surface area contributed by atoms with E-state index in [0.717, 1.165) is 18.0 Å². The summed E-state index contributed by atoms with van der Waals surface area (Å²) in [4.78, 5) is 2.53. The summed E-state index contributed by atoms with van der Waals surface area (Å²) in [5, 5.41) is 7.80. The molecule has 1 saturated heterocycles. The van der Waals surface area contributed by atoms with Gasteiger partial charge in [-0.1, -0.05) is 16.8 Å². The maximum Gasteiger partial charge on any atom is 0.138 e. The lowest BCUT2D eigenvalue weighted by molar-refractivity contribution is 0.208. The van der Waals surface area contributed by atoms with Crippen molar-refractivity contribution in [3.05, 3.63) is 28.7 Å². The first-order valence-corrected chi connectivity index (χ1v) is 8.02. The highest BCUT2D eigenvalue weighted by Gasteiger charge is 2.23. The number of nitrogens with zero attached hydrogens (tertiary/aromatic N) is 2. The highest BCUT2D eigenvalue weighted by Crippen LogP contribution is 2.23. The number of hydrogen-bond acceptors (Lipinski definition) is 4. The van der Waals surface area contributed by atoms with Gasteiger partial charge in [-0.3, -0.25) is 4.90 Å². The molecular weight excluding hydrogens is 262 g/mol. The van der Waals surface area contributed by atoms with Crippen molar-refractivity contribution in [3.63, 3.8) is 0 Å². The van der Waals surface area contributed by atoms with Crippen LogP contribution in [-0.4, -0.2) is 35.7 Å². The van der Waals surface area contributed by atoms with Crippen molar-refractivity contribution in [3.8, 4) is 0 Å². The average Bonchev–Trinajstić information content (AvgIpc) is 2.77. The summed E-state index contributed by atoms with van der Waals surface area (Å²) in [7, 11) is 0. The molecule has 1 aliphatic rings. The number of likely N-dealkylation sites (tertiary alicyclic amines) is 1. The Morgan fingerprint density at radius 1 is 1.38 bits per heavy atom. The van der Waals surface area contributed by atoms with Crippen LogP contribution >= 0.6 is 0 Å². The van der Waals surface area contributed by atoms with Crippen molar-refractivity contribution in [2.45, 2.75) is 59.5 Å². The molecule has 0 aliphatic carbocycles. The second-order valence-electron chi connectivity index (χ2n) is 6.48. The molecule has 0 amide bonds. The van der Waals surface area contributed by atoms with E-state index in [1.54, 1.807) is 0 Å². The summed E-state index contributed by atoms with van der Waals surface area (Å²) in [5.74, 6) is 0.938. The Bertz CT molecular complexity index is 461. The molecule has 1 aliphatic heterocycles. The molecule has 4 heteroatoms. The summed E-state index contributed by atoms with van der Waals surface area (Å²) in [5.41, 5.74) is 3.64. The van der Waals surface area contributed by atoms with E-state index in [9.17, 15) is 0 Å². The average molecular weight is 291 g/mol. The fourth-order valence-electron chi connectivity index (χ4n) is 3.14. The van der Waals surface area contributed by atoms with Crippen molar-refractivity contribution in [2.75, 3.05) is 19.6 Å². The summed E-state index contributed by atoms with van der Waals surface area (Å²) in [6, 6.07) is 0.905. The molecule has 118 valence electrons. The molecule has 4 nitrogen and oxygen atoms in total. The molecule has 2 heterocycles. The number of aromatic nitrogens is 1. The summed E-state index contributed by atoms with van der Waals surface area (Å²) >= 11 is 0. The van der Waals surface area contributed by atoms with Crippen LogP contribution in [0.2, 0.25) is 0 Å². The fourth-order valence-corrected chi connectivity index (χ4v) is 3.14. The predicted octanol–water partition coefficient (Wildman–Crippen LogP) is 3.37. The molecule has 1 aromatic heterocycles. The molecule has 2 rings (SSSR count). The van der Waals surface area contributed by atoms with E-state index in [1.807, 2.05) is 13.8 Å². The van der Waals surface area contributed by atoms with Gasteiger partial charge in [0, 0.05) is 24.2 Å². The van der Waals surface area contributed by atoms with Gasteiger partial charge in [0.05, 0.1) is 5.69 Å². The van der Waals surface area contributed by atoms with E-state index in [0.29, 0.717) is 12.1 Å². The van der Waals surface area contributed by atoms with Crippen molar-refractivity contribution < 1.29 is 4.52 Å². The standard InChI is InChI=1S/C17H29N3O/c1-12(2)6-9-20-10-7-16(8-11-20)18-13(3)17-14(4)19-21-15(17)5/h6,13,16,18H,7-11H2,1-5H3. The SMILES string of the molecule is CC(C)=CCN1CCC(NC(C)c2c(C)noc2C)CC1. The molecule has 1 aromatic rings. The lowest BCUT2D eigenvalue weighted by Gasteiger charge is -2.33. The first-order valence-electron chi connectivity index (χ1n) is 8.02. The minimum atomic E-state index is 0.311. The van der Waals surface area contributed by atoms with E-state index >= 15 is 0 Å². The van der Waals surface area contributed by atoms with Gasteiger partial charge < -0.3 is 9.84 Å². The van der Waals surface area contributed by atoms with Crippen LogP contribution in [0.15, 0.2) is 16.2 Å². The monoisotopic (exact) mass is 291 g/mol. The van der Waals surface area contributed by atoms with Crippen molar-refractivity contribution in [1.29, 1.82) is 0 Å². The third-order valence-corrected chi connectivity index (χ3v) is 4.35. The third-order valence-electron chi connectivity index (χ3n) is 4.35. The van der Waals surface area contributed by atoms with Crippen molar-refractivity contribution >= 4 is 0 Å². The second kappa shape index (κ2) is 7.23. The zero-order chi connectivity index (χ0) is 15.4. The molecule has 0 aromatic carbocycles. The Morgan fingerprint density at radius 3 is 2.57 bits per heavy atom. The zero-order valence-corrected chi connectivity index (χ0v) is 14.1. The molecule has 21 heavy (non-hydrogen) atoms. The quantitative estimate of drug-likeness (QED) is 0.845. The zero-order valence-electron chi connectivity index (χ0n) is 14.1. The minimum Gasteiger partial charge on any atom is -0.361 e. The Balaban J connectivity index is 1.82. The summed E-state index contributed by atoms with van der Waals surface area (Å²) in [6.45, 7) is 14.0. The molecule has 0 saturated carbocycles. The van der Waals surface area contributed by atoms with Gasteiger partial charge in [-0.15, -0.1) is 0 Å². The van der Waals surface area contributed by atoms with E-state index < -0.39 is 0 Å². The fraction of sp³-hybridized carbons (Fsp3) is 0.706. The number of allylic oxidation sites excluding steroid dienone is 1. The topological polar surface area (TPSA) is 41.3 Å². The first kappa shape index (κ1) is 16.2. The van der Waals surface area contributed by atoms with Crippen molar-refractivity contribution in [1.82, 2.24) is 15.4 Å². The normalized spacial score (nSPS) is 18.7. The molecule has 0 bridgehead atoms. The van der Waals surface area contributed by atoms with Crippen LogP contribution in [-0.2, 0) is 0 Å². The van der Waals surface area contributed by atoms with Gasteiger partial charge in [-0.2, -0.15) is 0 Å². The molecule has 1 atom stereocenters. The van der Waals surface area contributed by atoms with Crippen LogP contribution in [0, 0.1) is 13.8 Å². The number of nitrogens with one attached hydrogen (secondary N) is 1. The summed E-state index contributed by atoms with van der Waals surface area (Å²) in [6.07, 6.45) is 4.74. The maximum absolute atomic E-state index is 5.27. The largest absolute Gasteiger partial charge is 0.361 e. The predicted molar refractivity (Wildman–Crippen MR) is 86.4 cm³/mol. The Kier molecular flexibility index (Phi) is 5.59. The van der Waals surface area contributed by atoms with E-state index in [-0.39, 0.29) is 0 Å². The van der Waals surface area contributed by atoms with Crippen LogP contribution in [0.1, 0.15) is 56.7 Å². The van der Waals surface area contributed by atoms with Crippen LogP contribution in [0.3, 0.4) is 0 Å². The van der Waals surface area contributed by atoms with Crippen LogP contribution in [0.25, 0.3) is 0 Å². The highest BCUT2D eigenvalue weighted by molar-refractivity contribution is 5.24. The molecule has 1 unspecified atom stereocenters. The lowest BCUT2D eigenvalue weighted by Crippen LogP contribution is -2.43. The van der Waals surface area contributed by atoms with Crippen LogP contribution in [0.5, 0.6) is 0 Å². The van der Waals surface area contributed by atoms with Gasteiger partial charge in [-0.05, 0) is 60.5 Å². The molecule has 1 N–H and O–H groups in total. The molecule has 0 spiro atoms. The van der Waals surface area contributed by atoms with Crippen LogP contribution < -0.4 is 5.32 Å². The van der Waals surface area contributed by atoms with Gasteiger partial charge in [0.15, 0.2) is 0 Å². The van der Waals surface area contributed by atoms with E-state index in [2.05, 4.69) is 42.2 Å². The Labute approximate surface area is 128 Å². The number of piperidine rings is 1. The van der Waals surface area contributed by atoms with Gasteiger partial charge in [0.2, 0.25) is 0 Å². The van der Waals surface area contributed by atoms with Gasteiger partial charge in [0.25, 0.3) is 0 Å². The highest BCUT2D eigenvalue weighted by atomic mass is 16.5. The van der Waals surface area contributed by atoms with Gasteiger partial charge in [0.1, 0.15) is 5.76 Å². The van der Waals surface area contributed by atoms with Crippen LogP contribution in [0.4, 0.5) is 0 Å². The number of rotatable bonds is 5.